The van der Waals surface area contributed by atoms with Crippen molar-refractivity contribution in [2.45, 2.75) is 19.4 Å². The van der Waals surface area contributed by atoms with Crippen LogP contribution in [0.1, 0.15) is 18.4 Å². The topological polar surface area (TPSA) is 58.6 Å². The number of carbonyl (C=O) groups excluding carboxylic acids is 1. The first-order valence-electron chi connectivity index (χ1n) is 5.36. The van der Waals surface area contributed by atoms with Crippen molar-refractivity contribution >= 4 is 27.5 Å². The number of hydrogen-bond donors (Lipinski definition) is 2. The molecule has 17 heavy (non-hydrogen) atoms. The summed E-state index contributed by atoms with van der Waals surface area (Å²) < 4.78 is 5.99. The zero-order valence-electron chi connectivity index (χ0n) is 9.70. The van der Waals surface area contributed by atoms with Crippen LogP contribution in [0.25, 0.3) is 0 Å². The molecule has 0 fully saturated rings. The molecule has 1 rings (SSSR count). The summed E-state index contributed by atoms with van der Waals surface area (Å²) in [7, 11) is 1.61. The van der Waals surface area contributed by atoms with Crippen molar-refractivity contribution in [1.29, 1.82) is 0 Å². The number of rotatable bonds is 6. The van der Waals surface area contributed by atoms with Crippen LogP contribution < -0.4 is 5.32 Å². The van der Waals surface area contributed by atoms with Gasteiger partial charge in [0.25, 0.3) is 0 Å². The maximum Gasteiger partial charge on any atom is 0.224 e. The van der Waals surface area contributed by atoms with Gasteiger partial charge in [-0.2, -0.15) is 0 Å². The second kappa shape index (κ2) is 7.42. The van der Waals surface area contributed by atoms with E-state index in [4.69, 9.17) is 9.84 Å². The molecule has 1 aromatic carbocycles. The fourth-order valence-electron chi connectivity index (χ4n) is 1.42. The van der Waals surface area contributed by atoms with Crippen molar-refractivity contribution in [1.82, 2.24) is 0 Å². The first-order valence-corrected chi connectivity index (χ1v) is 6.15. The fraction of sp³-hybridized carbons (Fsp3) is 0.417. The van der Waals surface area contributed by atoms with Crippen LogP contribution in [0.5, 0.6) is 0 Å². The summed E-state index contributed by atoms with van der Waals surface area (Å²) in [5.74, 6) is -0.102. The van der Waals surface area contributed by atoms with Gasteiger partial charge in [0.05, 0.1) is 6.61 Å². The Kier molecular flexibility index (Phi) is 6.18. The highest BCUT2D eigenvalue weighted by Gasteiger charge is 2.09. The third kappa shape index (κ3) is 4.46. The summed E-state index contributed by atoms with van der Waals surface area (Å²) in [6.07, 6.45) is 0.787. The maximum atomic E-state index is 11.6. The highest BCUT2D eigenvalue weighted by atomic mass is 79.9. The molecular formula is C12H16BrNO3. The van der Waals surface area contributed by atoms with Gasteiger partial charge in [0.15, 0.2) is 0 Å². The van der Waals surface area contributed by atoms with Crippen molar-refractivity contribution in [3.8, 4) is 0 Å². The van der Waals surface area contributed by atoms with Crippen molar-refractivity contribution in [3.63, 3.8) is 0 Å². The van der Waals surface area contributed by atoms with Gasteiger partial charge in [0.2, 0.25) is 5.91 Å². The van der Waals surface area contributed by atoms with E-state index in [2.05, 4.69) is 21.2 Å². The molecule has 1 aromatic rings. The van der Waals surface area contributed by atoms with Crippen LogP contribution in [0, 0.1) is 0 Å². The minimum Gasteiger partial charge on any atom is -0.396 e. The molecule has 0 spiro atoms. The minimum absolute atomic E-state index is 0.0246. The monoisotopic (exact) mass is 301 g/mol. The van der Waals surface area contributed by atoms with Crippen molar-refractivity contribution in [2.75, 3.05) is 19.0 Å². The van der Waals surface area contributed by atoms with Gasteiger partial charge in [-0.1, -0.05) is 22.0 Å². The van der Waals surface area contributed by atoms with Gasteiger partial charge in [0, 0.05) is 35.9 Å². The summed E-state index contributed by atoms with van der Waals surface area (Å²) in [5, 5.41) is 11.5. The number of anilines is 1. The van der Waals surface area contributed by atoms with Crippen LogP contribution in [-0.2, 0) is 16.1 Å². The molecule has 0 heterocycles. The molecule has 0 radical (unpaired) electrons. The Morgan fingerprint density at radius 2 is 2.29 bits per heavy atom. The standard InChI is InChI=1S/C12H16BrNO3/c1-17-8-9-10(13)4-2-5-11(9)14-12(16)6-3-7-15/h2,4-5,15H,3,6-8H2,1H3,(H,14,16). The summed E-state index contributed by atoms with van der Waals surface area (Å²) in [6, 6.07) is 5.58. The van der Waals surface area contributed by atoms with Gasteiger partial charge in [-0.05, 0) is 18.6 Å². The fourth-order valence-corrected chi connectivity index (χ4v) is 1.90. The predicted octanol–water partition coefficient (Wildman–Crippen LogP) is 2.31. The van der Waals surface area contributed by atoms with Crippen LogP contribution in [0.4, 0.5) is 5.69 Å². The largest absolute Gasteiger partial charge is 0.396 e. The highest BCUT2D eigenvalue weighted by Crippen LogP contribution is 2.25. The zero-order valence-corrected chi connectivity index (χ0v) is 11.3. The van der Waals surface area contributed by atoms with Crippen LogP contribution in [0.3, 0.4) is 0 Å². The van der Waals surface area contributed by atoms with E-state index in [0.29, 0.717) is 19.4 Å². The van der Waals surface area contributed by atoms with E-state index in [1.807, 2.05) is 18.2 Å². The molecule has 0 saturated carbocycles. The number of ether oxygens (including phenoxy) is 1. The average Bonchev–Trinajstić information content (AvgIpc) is 2.31. The number of amides is 1. The van der Waals surface area contributed by atoms with Gasteiger partial charge < -0.3 is 15.2 Å². The van der Waals surface area contributed by atoms with Gasteiger partial charge in [0.1, 0.15) is 0 Å². The summed E-state index contributed by atoms with van der Waals surface area (Å²) in [4.78, 5) is 11.6. The quantitative estimate of drug-likeness (QED) is 0.848. The van der Waals surface area contributed by atoms with E-state index in [-0.39, 0.29) is 12.5 Å². The number of benzene rings is 1. The Hall–Kier alpha value is -0.910. The molecule has 0 aliphatic heterocycles. The molecule has 1 amide bonds. The molecule has 5 heteroatoms. The molecule has 0 atom stereocenters. The third-order valence-corrected chi connectivity index (χ3v) is 2.99. The van der Waals surface area contributed by atoms with E-state index in [0.717, 1.165) is 15.7 Å². The van der Waals surface area contributed by atoms with E-state index in [1.165, 1.54) is 0 Å². The van der Waals surface area contributed by atoms with Crippen LogP contribution >= 0.6 is 15.9 Å². The number of hydrogen-bond acceptors (Lipinski definition) is 3. The first-order chi connectivity index (χ1) is 8.19. The molecule has 0 bridgehead atoms. The Morgan fingerprint density at radius 3 is 2.94 bits per heavy atom. The molecule has 0 aliphatic carbocycles. The molecule has 0 unspecified atom stereocenters. The van der Waals surface area contributed by atoms with Gasteiger partial charge in [-0.15, -0.1) is 0 Å². The number of halogens is 1. The summed E-state index contributed by atoms with van der Waals surface area (Å²) in [6.45, 7) is 0.452. The number of carbonyl (C=O) groups is 1. The molecule has 2 N–H and O–H groups in total. The lowest BCUT2D eigenvalue weighted by molar-refractivity contribution is -0.116. The molecule has 4 nitrogen and oxygen atoms in total. The Balaban J connectivity index is 2.75. The SMILES string of the molecule is COCc1c(Br)cccc1NC(=O)CCCO. The average molecular weight is 302 g/mol. The predicted molar refractivity (Wildman–Crippen MR) is 69.8 cm³/mol. The van der Waals surface area contributed by atoms with Gasteiger partial charge in [-0.25, -0.2) is 0 Å². The summed E-state index contributed by atoms with van der Waals surface area (Å²) >= 11 is 3.42. The second-order valence-corrected chi connectivity index (χ2v) is 4.43. The van der Waals surface area contributed by atoms with E-state index in [9.17, 15) is 4.79 Å². The van der Waals surface area contributed by atoms with Crippen LogP contribution in [-0.4, -0.2) is 24.7 Å². The zero-order chi connectivity index (χ0) is 12.7. The highest BCUT2D eigenvalue weighted by molar-refractivity contribution is 9.10. The van der Waals surface area contributed by atoms with Crippen molar-refractivity contribution in [2.24, 2.45) is 0 Å². The second-order valence-electron chi connectivity index (χ2n) is 3.57. The van der Waals surface area contributed by atoms with Gasteiger partial charge in [-0.3, -0.25) is 4.79 Å². The Labute approximate surface area is 109 Å². The van der Waals surface area contributed by atoms with E-state index < -0.39 is 0 Å². The molecule has 0 aromatic heterocycles. The van der Waals surface area contributed by atoms with Crippen molar-refractivity contribution < 1.29 is 14.6 Å². The Bertz CT molecular complexity index is 382. The number of aliphatic hydroxyl groups excluding tert-OH is 1. The lowest BCUT2D eigenvalue weighted by Crippen LogP contribution is -2.13. The Morgan fingerprint density at radius 1 is 1.53 bits per heavy atom. The lowest BCUT2D eigenvalue weighted by atomic mass is 10.2. The minimum atomic E-state index is -0.102. The normalized spacial score (nSPS) is 10.3. The number of methoxy groups -OCH3 is 1. The lowest BCUT2D eigenvalue weighted by Gasteiger charge is -2.12. The summed E-state index contributed by atoms with van der Waals surface area (Å²) in [5.41, 5.74) is 1.65. The number of aliphatic hydroxyl groups is 1. The smallest absolute Gasteiger partial charge is 0.224 e. The van der Waals surface area contributed by atoms with E-state index >= 15 is 0 Å². The van der Waals surface area contributed by atoms with Gasteiger partial charge >= 0.3 is 0 Å². The van der Waals surface area contributed by atoms with E-state index in [1.54, 1.807) is 7.11 Å². The maximum absolute atomic E-state index is 11.6. The molecule has 94 valence electrons. The first kappa shape index (κ1) is 14.2. The van der Waals surface area contributed by atoms with Crippen LogP contribution in [0.2, 0.25) is 0 Å². The van der Waals surface area contributed by atoms with Crippen molar-refractivity contribution in [3.05, 3.63) is 28.2 Å². The molecular weight excluding hydrogens is 286 g/mol. The van der Waals surface area contributed by atoms with Crippen LogP contribution in [0.15, 0.2) is 22.7 Å². The molecule has 0 saturated heterocycles. The number of nitrogens with one attached hydrogen (secondary N) is 1. The third-order valence-electron chi connectivity index (χ3n) is 2.24. The molecule has 0 aliphatic rings.